The summed E-state index contributed by atoms with van der Waals surface area (Å²) < 4.78 is 20.7. The largest absolute Gasteiger partial charge is 0.493 e. The van der Waals surface area contributed by atoms with E-state index in [9.17, 15) is 9.59 Å². The summed E-state index contributed by atoms with van der Waals surface area (Å²) in [5, 5.41) is 2.58. The van der Waals surface area contributed by atoms with E-state index in [1.165, 1.54) is 52.1 Å². The molecule has 26 heavy (non-hydrogen) atoms. The van der Waals surface area contributed by atoms with Crippen molar-refractivity contribution in [3.8, 4) is 17.2 Å². The first-order valence-corrected chi connectivity index (χ1v) is 7.62. The Labute approximate surface area is 150 Å². The van der Waals surface area contributed by atoms with Crippen molar-refractivity contribution in [3.05, 3.63) is 42.0 Å². The third-order valence-corrected chi connectivity index (χ3v) is 3.32. The Morgan fingerprint density at radius 3 is 2.27 bits per heavy atom. The van der Waals surface area contributed by atoms with Crippen LogP contribution in [-0.4, -0.2) is 56.3 Å². The van der Waals surface area contributed by atoms with Gasteiger partial charge in [0.15, 0.2) is 11.5 Å². The van der Waals surface area contributed by atoms with Crippen molar-refractivity contribution in [1.82, 2.24) is 15.3 Å². The molecule has 1 aromatic heterocycles. The predicted octanol–water partition coefficient (Wildman–Crippen LogP) is 1.09. The summed E-state index contributed by atoms with van der Waals surface area (Å²) in [5.74, 6) is 0.0761. The highest BCUT2D eigenvalue weighted by atomic mass is 16.5. The van der Waals surface area contributed by atoms with Crippen molar-refractivity contribution in [2.75, 3.05) is 34.5 Å². The van der Waals surface area contributed by atoms with Crippen LogP contribution in [0, 0.1) is 0 Å². The average Bonchev–Trinajstić information content (AvgIpc) is 2.70. The van der Waals surface area contributed by atoms with E-state index in [0.717, 1.165) is 0 Å². The molecule has 0 atom stereocenters. The molecule has 0 radical (unpaired) electrons. The highest BCUT2D eigenvalue weighted by molar-refractivity contribution is 5.92. The summed E-state index contributed by atoms with van der Waals surface area (Å²) in [4.78, 5) is 31.7. The fourth-order valence-corrected chi connectivity index (χ4v) is 2.10. The van der Waals surface area contributed by atoms with Crippen molar-refractivity contribution in [2.45, 2.75) is 0 Å². The van der Waals surface area contributed by atoms with Crippen LogP contribution in [0.25, 0.3) is 0 Å². The normalized spacial score (nSPS) is 9.96. The first-order chi connectivity index (χ1) is 12.6. The van der Waals surface area contributed by atoms with E-state index in [1.807, 2.05) is 0 Å². The van der Waals surface area contributed by atoms with Crippen molar-refractivity contribution in [3.63, 3.8) is 0 Å². The van der Waals surface area contributed by atoms with Crippen LogP contribution in [0.1, 0.15) is 20.8 Å². The molecular weight excluding hydrogens is 342 g/mol. The summed E-state index contributed by atoms with van der Waals surface area (Å²) in [6, 6.07) is 2.98. The summed E-state index contributed by atoms with van der Waals surface area (Å²) in [7, 11) is 4.38. The zero-order valence-electron chi connectivity index (χ0n) is 14.6. The van der Waals surface area contributed by atoms with Crippen LogP contribution >= 0.6 is 0 Å². The molecule has 1 aromatic carbocycles. The molecule has 1 heterocycles. The topological polar surface area (TPSA) is 109 Å². The molecular formula is C17H19N3O6. The van der Waals surface area contributed by atoms with Crippen molar-refractivity contribution in [1.29, 1.82) is 0 Å². The van der Waals surface area contributed by atoms with E-state index in [4.69, 9.17) is 18.9 Å². The highest BCUT2D eigenvalue weighted by Gasteiger charge is 2.18. The Bertz CT molecular complexity index is 741. The Morgan fingerprint density at radius 2 is 1.73 bits per heavy atom. The number of methoxy groups -OCH3 is 3. The van der Waals surface area contributed by atoms with Crippen LogP contribution in [0.4, 0.5) is 0 Å². The highest BCUT2D eigenvalue weighted by Crippen LogP contribution is 2.38. The number of benzene rings is 1. The van der Waals surface area contributed by atoms with E-state index in [-0.39, 0.29) is 24.4 Å². The molecule has 2 rings (SSSR count). The fraction of sp³-hybridized carbons (Fsp3) is 0.294. The van der Waals surface area contributed by atoms with Crippen molar-refractivity contribution in [2.24, 2.45) is 0 Å². The second-order valence-corrected chi connectivity index (χ2v) is 4.90. The van der Waals surface area contributed by atoms with Gasteiger partial charge in [-0.25, -0.2) is 9.78 Å². The summed E-state index contributed by atoms with van der Waals surface area (Å²) in [6.07, 6.45) is 4.23. The lowest BCUT2D eigenvalue weighted by atomic mass is 10.2. The summed E-state index contributed by atoms with van der Waals surface area (Å²) >= 11 is 0. The molecule has 0 aliphatic rings. The Balaban J connectivity index is 1.92. The summed E-state index contributed by atoms with van der Waals surface area (Å²) in [5.41, 5.74) is 0.420. The molecule has 9 heteroatoms. The Hall–Kier alpha value is -3.36. The zero-order valence-corrected chi connectivity index (χ0v) is 14.6. The van der Waals surface area contributed by atoms with Gasteiger partial charge in [0.2, 0.25) is 5.75 Å². The van der Waals surface area contributed by atoms with Gasteiger partial charge in [-0.2, -0.15) is 0 Å². The standard InChI is InChI=1S/C17H19N3O6/c1-23-13-8-11(9-14(24-2)15(13)25-3)17(22)26-7-6-20-16(21)12-10-18-4-5-19-12/h4-5,8-10H,6-7H2,1-3H3,(H,20,21). The quantitative estimate of drug-likeness (QED) is 0.550. The second kappa shape index (κ2) is 9.21. The summed E-state index contributed by atoms with van der Waals surface area (Å²) in [6.45, 7) is 0.118. The monoisotopic (exact) mass is 361 g/mol. The van der Waals surface area contributed by atoms with E-state index in [2.05, 4.69) is 15.3 Å². The third kappa shape index (κ3) is 4.59. The molecule has 0 aliphatic carbocycles. The number of aromatic nitrogens is 2. The van der Waals surface area contributed by atoms with Gasteiger partial charge in [-0.1, -0.05) is 0 Å². The second-order valence-electron chi connectivity index (χ2n) is 4.90. The molecule has 0 saturated heterocycles. The van der Waals surface area contributed by atoms with E-state index < -0.39 is 11.9 Å². The van der Waals surface area contributed by atoms with Crippen molar-refractivity contribution >= 4 is 11.9 Å². The minimum absolute atomic E-state index is 0.0124. The van der Waals surface area contributed by atoms with Crippen molar-refractivity contribution < 1.29 is 28.5 Å². The molecule has 0 unspecified atom stereocenters. The molecule has 0 fully saturated rings. The number of hydrogen-bond acceptors (Lipinski definition) is 8. The van der Waals surface area contributed by atoms with Gasteiger partial charge in [0, 0.05) is 12.4 Å². The van der Waals surface area contributed by atoms with Gasteiger partial charge < -0.3 is 24.3 Å². The first-order valence-electron chi connectivity index (χ1n) is 7.62. The Morgan fingerprint density at radius 1 is 1.04 bits per heavy atom. The van der Waals surface area contributed by atoms with Crippen LogP contribution in [0.15, 0.2) is 30.7 Å². The number of nitrogens with zero attached hydrogens (tertiary/aromatic N) is 2. The van der Waals surface area contributed by atoms with Gasteiger partial charge in [0.25, 0.3) is 5.91 Å². The minimum atomic E-state index is -0.585. The van der Waals surface area contributed by atoms with Crippen LogP contribution in [0.5, 0.6) is 17.2 Å². The lowest BCUT2D eigenvalue weighted by Gasteiger charge is -2.13. The fourth-order valence-electron chi connectivity index (χ4n) is 2.10. The molecule has 138 valence electrons. The molecule has 0 saturated carbocycles. The number of nitrogens with one attached hydrogen (secondary N) is 1. The molecule has 1 amide bonds. The SMILES string of the molecule is COc1cc(C(=O)OCCNC(=O)c2cnccn2)cc(OC)c1OC. The van der Waals surface area contributed by atoms with Crippen LogP contribution in [-0.2, 0) is 4.74 Å². The van der Waals surface area contributed by atoms with Gasteiger partial charge >= 0.3 is 5.97 Å². The molecule has 2 aromatic rings. The number of esters is 1. The lowest BCUT2D eigenvalue weighted by molar-refractivity contribution is 0.0502. The minimum Gasteiger partial charge on any atom is -0.493 e. The number of carbonyl (C=O) groups excluding carboxylic acids is 2. The lowest BCUT2D eigenvalue weighted by Crippen LogP contribution is -2.28. The van der Waals surface area contributed by atoms with Crippen LogP contribution < -0.4 is 19.5 Å². The van der Waals surface area contributed by atoms with Gasteiger partial charge in [-0.05, 0) is 12.1 Å². The molecule has 1 N–H and O–H groups in total. The van der Waals surface area contributed by atoms with Crippen LogP contribution in [0.3, 0.4) is 0 Å². The average molecular weight is 361 g/mol. The smallest absolute Gasteiger partial charge is 0.338 e. The number of amides is 1. The number of rotatable bonds is 8. The maximum absolute atomic E-state index is 12.2. The van der Waals surface area contributed by atoms with Gasteiger partial charge in [0.1, 0.15) is 12.3 Å². The van der Waals surface area contributed by atoms with Gasteiger partial charge in [-0.15, -0.1) is 0 Å². The Kier molecular flexibility index (Phi) is 6.72. The number of ether oxygens (including phenoxy) is 4. The van der Waals surface area contributed by atoms with Gasteiger partial charge in [0.05, 0.1) is 39.6 Å². The maximum Gasteiger partial charge on any atom is 0.338 e. The maximum atomic E-state index is 12.2. The molecule has 0 bridgehead atoms. The van der Waals surface area contributed by atoms with E-state index >= 15 is 0 Å². The molecule has 0 aliphatic heterocycles. The number of hydrogen-bond donors (Lipinski definition) is 1. The van der Waals surface area contributed by atoms with Gasteiger partial charge in [-0.3, -0.25) is 9.78 Å². The predicted molar refractivity (Wildman–Crippen MR) is 90.7 cm³/mol. The van der Waals surface area contributed by atoms with E-state index in [1.54, 1.807) is 0 Å². The van der Waals surface area contributed by atoms with Crippen LogP contribution in [0.2, 0.25) is 0 Å². The first kappa shape index (κ1) is 19.0. The number of carbonyl (C=O) groups is 2. The molecule has 9 nitrogen and oxygen atoms in total. The van der Waals surface area contributed by atoms with E-state index in [0.29, 0.717) is 17.2 Å². The third-order valence-electron chi connectivity index (χ3n) is 3.32. The zero-order chi connectivity index (χ0) is 18.9. The molecule has 0 spiro atoms.